The number of carbonyl (C=O) groups is 1. The zero-order valence-electron chi connectivity index (χ0n) is 18.5. The van der Waals surface area contributed by atoms with Gasteiger partial charge in [-0.25, -0.2) is 4.79 Å². The molecule has 0 atom stereocenters. The fourth-order valence-corrected chi connectivity index (χ4v) is 2.87. The van der Waals surface area contributed by atoms with Gasteiger partial charge in [-0.15, -0.1) is 0 Å². The number of unbranched alkanes of at least 4 members (excludes halogenated alkanes) is 9. The Morgan fingerprint density at radius 3 is 1.90 bits per heavy atom. The lowest BCUT2D eigenvalue weighted by Gasteiger charge is -2.13. The number of rotatable bonds is 16. The molecule has 0 bridgehead atoms. The van der Waals surface area contributed by atoms with E-state index in [-0.39, 0.29) is 17.6 Å². The quantitative estimate of drug-likeness (QED) is 0.256. The summed E-state index contributed by atoms with van der Waals surface area (Å²) in [5.74, 6) is -1.31. The Labute approximate surface area is 176 Å². The predicted molar refractivity (Wildman–Crippen MR) is 118 cm³/mol. The molecule has 0 heterocycles. The summed E-state index contributed by atoms with van der Waals surface area (Å²) in [6.45, 7) is 4.12. The molecule has 0 aliphatic heterocycles. The van der Waals surface area contributed by atoms with Crippen molar-refractivity contribution in [1.29, 1.82) is 0 Å². The van der Waals surface area contributed by atoms with E-state index >= 15 is 0 Å². The summed E-state index contributed by atoms with van der Waals surface area (Å²) in [7, 11) is 3.35. The van der Waals surface area contributed by atoms with E-state index in [2.05, 4.69) is 12.2 Å². The van der Waals surface area contributed by atoms with Crippen molar-refractivity contribution < 1.29 is 24.5 Å². The van der Waals surface area contributed by atoms with Gasteiger partial charge >= 0.3 is 5.97 Å². The second kappa shape index (κ2) is 19.7. The van der Waals surface area contributed by atoms with Crippen molar-refractivity contribution in [2.75, 3.05) is 27.3 Å². The lowest BCUT2D eigenvalue weighted by molar-refractivity contribution is -0.0986. The highest BCUT2D eigenvalue weighted by Crippen LogP contribution is 2.14. The Morgan fingerprint density at radius 1 is 0.931 bits per heavy atom. The normalized spacial score (nSPS) is 10.6. The molecular formula is C23H41NO5. The molecule has 0 aliphatic carbocycles. The van der Waals surface area contributed by atoms with Gasteiger partial charge in [-0.3, -0.25) is 0 Å². The van der Waals surface area contributed by atoms with Gasteiger partial charge in [-0.1, -0.05) is 76.8 Å². The summed E-state index contributed by atoms with van der Waals surface area (Å²) in [6.07, 6.45) is 13.8. The first kappa shape index (κ1) is 27.4. The van der Waals surface area contributed by atoms with E-state index in [0.29, 0.717) is 0 Å². The highest BCUT2D eigenvalue weighted by Gasteiger charge is 2.05. The van der Waals surface area contributed by atoms with Crippen molar-refractivity contribution in [2.45, 2.75) is 77.4 Å². The average Bonchev–Trinajstić information content (AvgIpc) is 2.72. The average molecular weight is 412 g/mol. The standard InChI is InChI=1S/C16H35NO2.C7H6O3/c1-4-5-6-7-8-9-10-11-12-13-14-17-15-16(18-2)19-3;8-6-4-2-1-3-5(6)7(9)10/h16-17H,4-15H2,1-3H3;1-4,8H,(H,9,10). The fraction of sp³-hybridized carbons (Fsp3) is 0.696. The van der Waals surface area contributed by atoms with Gasteiger partial charge in [0.15, 0.2) is 6.29 Å². The molecule has 6 nitrogen and oxygen atoms in total. The molecule has 1 rings (SSSR count). The summed E-state index contributed by atoms with van der Waals surface area (Å²) in [5.41, 5.74) is -0.0671. The van der Waals surface area contributed by atoms with Crippen LogP contribution in [0, 0.1) is 0 Å². The third kappa shape index (κ3) is 15.9. The van der Waals surface area contributed by atoms with Crippen LogP contribution in [0.1, 0.15) is 81.5 Å². The molecule has 0 saturated carbocycles. The van der Waals surface area contributed by atoms with Crippen LogP contribution in [0.25, 0.3) is 0 Å². The fourth-order valence-electron chi connectivity index (χ4n) is 2.87. The van der Waals surface area contributed by atoms with Gasteiger partial charge in [0.25, 0.3) is 0 Å². The molecule has 0 aromatic heterocycles. The van der Waals surface area contributed by atoms with E-state index in [4.69, 9.17) is 19.7 Å². The van der Waals surface area contributed by atoms with Gasteiger partial charge < -0.3 is 25.0 Å². The molecular weight excluding hydrogens is 370 g/mol. The van der Waals surface area contributed by atoms with Gasteiger partial charge in [-0.2, -0.15) is 0 Å². The van der Waals surface area contributed by atoms with Crippen molar-refractivity contribution in [3.05, 3.63) is 29.8 Å². The summed E-state index contributed by atoms with van der Waals surface area (Å²) < 4.78 is 10.2. The number of ether oxygens (including phenoxy) is 2. The molecule has 0 fully saturated rings. The molecule has 0 saturated heterocycles. The monoisotopic (exact) mass is 411 g/mol. The number of para-hydroxylation sites is 1. The van der Waals surface area contributed by atoms with Crippen molar-refractivity contribution in [2.24, 2.45) is 0 Å². The molecule has 6 heteroatoms. The van der Waals surface area contributed by atoms with Crippen LogP contribution in [0.5, 0.6) is 5.75 Å². The van der Waals surface area contributed by atoms with Crippen LogP contribution in [-0.4, -0.2) is 49.8 Å². The maximum absolute atomic E-state index is 10.3. The van der Waals surface area contributed by atoms with Gasteiger partial charge in [0.1, 0.15) is 11.3 Å². The molecule has 29 heavy (non-hydrogen) atoms. The number of carboxylic acid groups (broad SMARTS) is 1. The minimum atomic E-state index is -1.11. The number of hydrogen-bond donors (Lipinski definition) is 3. The van der Waals surface area contributed by atoms with E-state index in [1.165, 1.54) is 76.3 Å². The van der Waals surface area contributed by atoms with Crippen LogP contribution < -0.4 is 5.32 Å². The molecule has 0 aliphatic rings. The molecule has 168 valence electrons. The Balaban J connectivity index is 0.000000651. The minimum absolute atomic E-state index is 0.0671. The van der Waals surface area contributed by atoms with E-state index in [0.717, 1.165) is 13.1 Å². The number of phenols is 1. The van der Waals surface area contributed by atoms with Crippen molar-refractivity contribution in [1.82, 2.24) is 5.32 Å². The maximum atomic E-state index is 10.3. The van der Waals surface area contributed by atoms with Crippen molar-refractivity contribution in [3.63, 3.8) is 0 Å². The second-order valence-corrected chi connectivity index (χ2v) is 7.11. The number of nitrogens with one attached hydrogen (secondary N) is 1. The van der Waals surface area contributed by atoms with E-state index in [1.54, 1.807) is 26.4 Å². The van der Waals surface area contributed by atoms with Crippen molar-refractivity contribution >= 4 is 5.97 Å². The van der Waals surface area contributed by atoms with Crippen LogP contribution in [0.15, 0.2) is 24.3 Å². The Bertz CT molecular complexity index is 506. The van der Waals surface area contributed by atoms with E-state index in [1.807, 2.05) is 0 Å². The topological polar surface area (TPSA) is 88.0 Å². The largest absolute Gasteiger partial charge is 0.507 e. The zero-order valence-corrected chi connectivity index (χ0v) is 18.5. The molecule has 1 aromatic rings. The lowest BCUT2D eigenvalue weighted by atomic mass is 10.1. The van der Waals surface area contributed by atoms with E-state index in [9.17, 15) is 4.79 Å². The second-order valence-electron chi connectivity index (χ2n) is 7.11. The first-order chi connectivity index (χ1) is 14.1. The Kier molecular flexibility index (Phi) is 18.6. The summed E-state index contributed by atoms with van der Waals surface area (Å²) in [4.78, 5) is 10.3. The first-order valence-corrected chi connectivity index (χ1v) is 10.8. The molecule has 0 spiro atoms. The summed E-state index contributed by atoms with van der Waals surface area (Å²) in [6, 6.07) is 5.81. The lowest BCUT2D eigenvalue weighted by Crippen LogP contribution is -2.30. The van der Waals surface area contributed by atoms with Crippen LogP contribution in [0.3, 0.4) is 0 Å². The molecule has 0 unspecified atom stereocenters. The number of aromatic carboxylic acids is 1. The Hall–Kier alpha value is -1.63. The molecule has 0 radical (unpaired) electrons. The van der Waals surface area contributed by atoms with Crippen molar-refractivity contribution in [3.8, 4) is 5.75 Å². The van der Waals surface area contributed by atoms with Crippen LogP contribution in [0.4, 0.5) is 0 Å². The summed E-state index contributed by atoms with van der Waals surface area (Å²) in [5, 5.41) is 20.7. The van der Waals surface area contributed by atoms with Gasteiger partial charge in [-0.05, 0) is 25.1 Å². The predicted octanol–water partition coefficient (Wildman–Crippen LogP) is 5.21. The Morgan fingerprint density at radius 2 is 1.45 bits per heavy atom. The molecule has 3 N–H and O–H groups in total. The number of methoxy groups -OCH3 is 2. The van der Waals surface area contributed by atoms with Crippen LogP contribution in [-0.2, 0) is 9.47 Å². The number of hydrogen-bond acceptors (Lipinski definition) is 5. The minimum Gasteiger partial charge on any atom is -0.507 e. The molecule has 0 amide bonds. The van der Waals surface area contributed by atoms with Gasteiger partial charge in [0.05, 0.1) is 0 Å². The highest BCUT2D eigenvalue weighted by molar-refractivity contribution is 5.90. The van der Waals surface area contributed by atoms with Crippen LogP contribution in [0.2, 0.25) is 0 Å². The number of aromatic hydroxyl groups is 1. The number of carboxylic acids is 1. The third-order valence-corrected chi connectivity index (χ3v) is 4.68. The smallest absolute Gasteiger partial charge is 0.339 e. The maximum Gasteiger partial charge on any atom is 0.339 e. The SMILES string of the molecule is CCCCCCCCCCCCNCC(OC)OC.O=C(O)c1ccccc1O. The van der Waals surface area contributed by atoms with Crippen LogP contribution >= 0.6 is 0 Å². The third-order valence-electron chi connectivity index (χ3n) is 4.68. The zero-order chi connectivity index (χ0) is 21.7. The number of benzene rings is 1. The molecule has 1 aromatic carbocycles. The van der Waals surface area contributed by atoms with Gasteiger partial charge in [0.2, 0.25) is 0 Å². The van der Waals surface area contributed by atoms with E-state index < -0.39 is 5.97 Å². The van der Waals surface area contributed by atoms with Gasteiger partial charge in [0, 0.05) is 20.8 Å². The summed E-state index contributed by atoms with van der Waals surface area (Å²) >= 11 is 0. The highest BCUT2D eigenvalue weighted by atomic mass is 16.7. The first-order valence-electron chi connectivity index (χ1n) is 10.8.